The van der Waals surface area contributed by atoms with Gasteiger partial charge >= 0.3 is 0 Å². The first kappa shape index (κ1) is 35.7. The van der Waals surface area contributed by atoms with Crippen LogP contribution in [0, 0.1) is 0 Å². The van der Waals surface area contributed by atoms with Gasteiger partial charge in [-0.3, -0.25) is 0 Å². The average molecular weight is 685 g/mol. The maximum Gasteiger partial charge on any atom is 0.119 e. The maximum absolute atomic E-state index is 10.1. The molecule has 0 heterocycles. The molecule has 0 atom stereocenters. The second-order valence-corrected chi connectivity index (χ2v) is 15.9. The predicted molar refractivity (Wildman–Crippen MR) is 195 cm³/mol. The third-order valence-corrected chi connectivity index (χ3v) is 12.5. The van der Waals surface area contributed by atoms with Gasteiger partial charge in [0.25, 0.3) is 0 Å². The summed E-state index contributed by atoms with van der Waals surface area (Å²) in [7, 11) is -4.15. The van der Waals surface area contributed by atoms with Crippen molar-refractivity contribution < 1.29 is 28.0 Å². The summed E-state index contributed by atoms with van der Waals surface area (Å²) in [6, 6.07) is 60.0. The van der Waals surface area contributed by atoms with Crippen LogP contribution in [0.5, 0.6) is 11.5 Å². The van der Waals surface area contributed by atoms with Gasteiger partial charge in [0.1, 0.15) is 51.2 Å². The molecular weight excluding hydrogens is 648 g/mol. The fourth-order valence-corrected chi connectivity index (χ4v) is 10.0. The maximum atomic E-state index is 10.1. The lowest BCUT2D eigenvalue weighted by molar-refractivity contribution is -0.328. The molecule has 0 unspecified atom stereocenters. The molecule has 0 aromatic heterocycles. The number of ether oxygens (including phenoxy) is 2. The van der Waals surface area contributed by atoms with Crippen molar-refractivity contribution in [3.05, 3.63) is 170 Å². The molecule has 6 aromatic rings. The normalized spacial score (nSPS) is 10.7. The zero-order valence-electron chi connectivity index (χ0n) is 26.0. The van der Waals surface area contributed by atoms with E-state index in [9.17, 15) is 4.20 Å². The van der Waals surface area contributed by atoms with Gasteiger partial charge in [0.05, 0.1) is 30.1 Å². The quantitative estimate of drug-likeness (QED) is 0.207. The van der Waals surface area contributed by atoms with E-state index in [2.05, 4.69) is 146 Å². The number of benzene rings is 6. The summed E-state index contributed by atoms with van der Waals surface area (Å²) >= 11 is 0. The standard InChI is InChI=1S/2C19H17OP.FH2O3P/c2*1-20-16-12-14-19(15-13-16)21(17-8-4-2-5-9-17)18-10-6-3-7-11-18;1-5(2,3)4/h2*2-15H,1H3;(H2,2,3,4). The molecule has 0 saturated carbocycles. The first-order valence-corrected chi connectivity index (χ1v) is 19.2. The number of methoxy groups -OCH3 is 2. The number of rotatable bonds is 8. The van der Waals surface area contributed by atoms with E-state index in [-0.39, 0.29) is 0 Å². The summed E-state index contributed by atoms with van der Waals surface area (Å²) in [5.74, 6) is 1.81. The van der Waals surface area contributed by atoms with Crippen molar-refractivity contribution in [3.8, 4) is 11.5 Å². The van der Waals surface area contributed by atoms with E-state index in [1.54, 1.807) is 14.2 Å². The predicted octanol–water partition coefficient (Wildman–Crippen LogP) is 5.16. The van der Waals surface area contributed by atoms with E-state index in [0.717, 1.165) is 11.5 Å². The second-order valence-electron chi connectivity index (χ2n) is 10.1. The highest BCUT2D eigenvalue weighted by Crippen LogP contribution is 2.34. The van der Waals surface area contributed by atoms with Gasteiger partial charge in [-0.2, -0.15) is 0 Å². The highest BCUT2D eigenvalue weighted by molar-refractivity contribution is 7.80. The van der Waals surface area contributed by atoms with E-state index in [0.29, 0.717) is 0 Å². The molecule has 240 valence electrons. The third-order valence-electron chi connectivity index (χ3n) is 7.01. The first-order valence-electron chi connectivity index (χ1n) is 14.7. The Balaban J connectivity index is 0.000000186. The molecule has 47 heavy (non-hydrogen) atoms. The van der Waals surface area contributed by atoms with E-state index in [4.69, 9.17) is 23.8 Å². The minimum atomic E-state index is -5.64. The molecule has 6 aromatic carbocycles. The van der Waals surface area contributed by atoms with Gasteiger partial charge in [0.15, 0.2) is 0 Å². The molecule has 5 nitrogen and oxygen atoms in total. The Bertz CT molecular complexity index is 1570. The summed E-state index contributed by atoms with van der Waals surface area (Å²) in [5, 5.41) is 8.35. The lowest BCUT2D eigenvalue weighted by Gasteiger charge is -2.15. The summed E-state index contributed by atoms with van der Waals surface area (Å²) in [6.07, 6.45) is 0. The second kappa shape index (κ2) is 18.3. The first-order chi connectivity index (χ1) is 22.8. The van der Waals surface area contributed by atoms with E-state index in [1.165, 1.54) is 31.8 Å². The molecule has 9 heteroatoms. The van der Waals surface area contributed by atoms with Crippen molar-refractivity contribution in [3.63, 3.8) is 0 Å². The number of hydrogen-bond donors (Lipinski definition) is 0. The third kappa shape index (κ3) is 11.6. The van der Waals surface area contributed by atoms with Gasteiger partial charge in [0.2, 0.25) is 0 Å². The fraction of sp³-hybridized carbons (Fsp3) is 0.0526. The molecule has 0 fully saturated rings. The molecule has 0 N–H and O–H groups in total. The van der Waals surface area contributed by atoms with Crippen LogP contribution in [0.3, 0.4) is 0 Å². The molecule has 0 aliphatic rings. The summed E-state index contributed by atoms with van der Waals surface area (Å²) in [6.45, 7) is 0. The molecule has 0 aliphatic carbocycles. The van der Waals surface area contributed by atoms with Crippen LogP contribution in [0.4, 0.5) is 4.20 Å². The Hall–Kier alpha value is -4.14. The zero-order chi connectivity index (χ0) is 33.5. The van der Waals surface area contributed by atoms with E-state index in [1.807, 2.05) is 24.3 Å². The Kier molecular flexibility index (Phi) is 13.9. The Labute approximate surface area is 278 Å². The van der Waals surface area contributed by atoms with Crippen LogP contribution in [0.2, 0.25) is 0 Å². The van der Waals surface area contributed by atoms with Gasteiger partial charge in [-0.15, -0.1) is 0 Å². The van der Waals surface area contributed by atoms with Crippen LogP contribution in [-0.2, 0) is 4.57 Å². The monoisotopic (exact) mass is 684 g/mol. The van der Waals surface area contributed by atoms with Crippen LogP contribution in [0.15, 0.2) is 170 Å². The molecule has 0 amide bonds. The van der Waals surface area contributed by atoms with Gasteiger partial charge in [-0.05, 0) is 97.1 Å². The van der Waals surface area contributed by atoms with Crippen LogP contribution in [0.1, 0.15) is 0 Å². The van der Waals surface area contributed by atoms with Crippen molar-refractivity contribution in [1.82, 2.24) is 0 Å². The minimum absolute atomic E-state index is 0.904. The van der Waals surface area contributed by atoms with Gasteiger partial charge in [-0.25, -0.2) is 4.20 Å². The van der Waals surface area contributed by atoms with E-state index >= 15 is 0 Å². The molecule has 0 aliphatic heterocycles. The zero-order valence-corrected chi connectivity index (χ0v) is 28.9. The Morgan fingerprint density at radius 3 is 0.809 bits per heavy atom. The van der Waals surface area contributed by atoms with Crippen LogP contribution in [-0.4, -0.2) is 14.2 Å². The molecule has 6 rings (SSSR count). The van der Waals surface area contributed by atoms with Crippen LogP contribution < -0.4 is 51.1 Å². The molecule has 0 radical (unpaired) electrons. The lowest BCUT2D eigenvalue weighted by atomic mass is 10.3. The largest absolute Gasteiger partial charge is 0.786 e. The van der Waals surface area contributed by atoms with Gasteiger partial charge < -0.3 is 23.8 Å². The Morgan fingerprint density at radius 1 is 0.426 bits per heavy atom. The van der Waals surface area contributed by atoms with Crippen LogP contribution >= 0.6 is 23.7 Å². The van der Waals surface area contributed by atoms with Crippen molar-refractivity contribution in [2.24, 2.45) is 0 Å². The summed E-state index contributed by atoms with van der Waals surface area (Å²) in [4.78, 5) is 16.9. The van der Waals surface area contributed by atoms with Gasteiger partial charge in [-0.1, -0.05) is 72.8 Å². The van der Waals surface area contributed by atoms with Crippen molar-refractivity contribution in [2.45, 2.75) is 0 Å². The van der Waals surface area contributed by atoms with Crippen molar-refractivity contribution >= 4 is 55.6 Å². The SMILES string of the molecule is COc1ccc([PH+](c2ccccc2)c2ccccc2)cc1.COc1ccc([PH+](c2ccccc2)c2ccccc2)cc1.O=P([O-])([O-])F. The smallest absolute Gasteiger partial charge is 0.119 e. The summed E-state index contributed by atoms with van der Waals surface area (Å²) < 4.78 is 29.1. The number of hydrogen-bond acceptors (Lipinski definition) is 5. The van der Waals surface area contributed by atoms with Gasteiger partial charge in [0, 0.05) is 0 Å². The lowest BCUT2D eigenvalue weighted by Crippen LogP contribution is -2.20. The van der Waals surface area contributed by atoms with Crippen molar-refractivity contribution in [2.75, 3.05) is 14.2 Å². The fourth-order valence-electron chi connectivity index (χ4n) is 4.93. The molecule has 0 saturated heterocycles. The molecular formula is C38H36FO5P3. The van der Waals surface area contributed by atoms with Crippen LogP contribution in [0.25, 0.3) is 0 Å². The highest BCUT2D eigenvalue weighted by Gasteiger charge is 2.26. The molecule has 0 spiro atoms. The number of halogens is 1. The topological polar surface area (TPSA) is 81.7 Å². The van der Waals surface area contributed by atoms with E-state index < -0.39 is 23.7 Å². The molecule has 0 bridgehead atoms. The summed E-state index contributed by atoms with van der Waals surface area (Å²) in [5.41, 5.74) is 0. The van der Waals surface area contributed by atoms with Crippen molar-refractivity contribution in [1.29, 1.82) is 0 Å². The Morgan fingerprint density at radius 2 is 0.617 bits per heavy atom. The minimum Gasteiger partial charge on any atom is -0.786 e. The average Bonchev–Trinajstić information content (AvgIpc) is 3.11. The highest BCUT2D eigenvalue weighted by atomic mass is 31.2.